The molecule has 1 heterocycles. The number of furan rings is 1. The number of hydrogen-bond donors (Lipinski definition) is 0. The molecule has 1 aliphatic rings. The second kappa shape index (κ2) is 9.16. The van der Waals surface area contributed by atoms with Crippen LogP contribution in [-0.2, 0) is 18.0 Å². The molecule has 0 aliphatic heterocycles. The van der Waals surface area contributed by atoms with E-state index in [1.165, 1.54) is 31.2 Å². The van der Waals surface area contributed by atoms with Gasteiger partial charge in [-0.2, -0.15) is 0 Å². The van der Waals surface area contributed by atoms with Gasteiger partial charge in [-0.25, -0.2) is 0 Å². The van der Waals surface area contributed by atoms with Crippen molar-refractivity contribution in [2.45, 2.75) is 38.9 Å². The Labute approximate surface area is 121 Å². The van der Waals surface area contributed by atoms with Crippen LogP contribution in [0.2, 0.25) is 0 Å². The monoisotopic (exact) mass is 270 g/mol. The van der Waals surface area contributed by atoms with Crippen molar-refractivity contribution in [2.75, 3.05) is 0 Å². The van der Waals surface area contributed by atoms with Gasteiger partial charge in [-0.1, -0.05) is 42.5 Å². The summed E-state index contributed by atoms with van der Waals surface area (Å²) in [7, 11) is 0. The van der Waals surface area contributed by atoms with Crippen molar-refractivity contribution in [1.82, 2.24) is 0 Å². The largest absolute Gasteiger partial charge is 0.472 e. The van der Waals surface area contributed by atoms with Crippen molar-refractivity contribution in [1.29, 1.82) is 0 Å². The molecule has 2 nitrogen and oxygen atoms in total. The molecule has 1 aromatic heterocycles. The van der Waals surface area contributed by atoms with Gasteiger partial charge in [0.1, 0.15) is 0 Å². The molecule has 0 saturated heterocycles. The van der Waals surface area contributed by atoms with Crippen LogP contribution in [0.15, 0.2) is 65.5 Å². The molecule has 0 N–H and O–H groups in total. The van der Waals surface area contributed by atoms with Crippen molar-refractivity contribution in [3.05, 3.63) is 72.2 Å². The van der Waals surface area contributed by atoms with Crippen LogP contribution in [0, 0.1) is 0 Å². The first-order valence-corrected chi connectivity index (χ1v) is 7.23. The van der Waals surface area contributed by atoms with Gasteiger partial charge in [0.05, 0.1) is 25.7 Å². The molecule has 0 saturated carbocycles. The van der Waals surface area contributed by atoms with Crippen LogP contribution in [0.3, 0.4) is 0 Å². The first-order valence-electron chi connectivity index (χ1n) is 7.23. The molecule has 20 heavy (non-hydrogen) atoms. The quantitative estimate of drug-likeness (QED) is 0.720. The van der Waals surface area contributed by atoms with Crippen molar-refractivity contribution in [2.24, 2.45) is 0 Å². The lowest BCUT2D eigenvalue weighted by atomic mass is 10.1. The van der Waals surface area contributed by atoms with Crippen molar-refractivity contribution >= 4 is 0 Å². The van der Waals surface area contributed by atoms with Crippen LogP contribution in [-0.4, -0.2) is 0 Å². The van der Waals surface area contributed by atoms with Gasteiger partial charge in [0, 0.05) is 5.56 Å². The summed E-state index contributed by atoms with van der Waals surface area (Å²) < 4.78 is 10.4. The molecule has 0 radical (unpaired) electrons. The number of hydrogen-bond acceptors (Lipinski definition) is 2. The zero-order valence-corrected chi connectivity index (χ0v) is 11.8. The Morgan fingerprint density at radius 1 is 0.850 bits per heavy atom. The first-order chi connectivity index (χ1) is 9.95. The van der Waals surface area contributed by atoms with Crippen molar-refractivity contribution in [3.63, 3.8) is 0 Å². The second-order valence-corrected chi connectivity index (χ2v) is 4.87. The van der Waals surface area contributed by atoms with E-state index in [9.17, 15) is 0 Å². The second-order valence-electron chi connectivity index (χ2n) is 4.87. The Kier molecular flexibility index (Phi) is 6.69. The predicted molar refractivity (Wildman–Crippen MR) is 81.3 cm³/mol. The molecule has 0 amide bonds. The van der Waals surface area contributed by atoms with E-state index < -0.39 is 0 Å². The van der Waals surface area contributed by atoms with Crippen LogP contribution in [0.5, 0.6) is 0 Å². The van der Waals surface area contributed by atoms with E-state index in [1.807, 2.05) is 24.3 Å². The van der Waals surface area contributed by atoms with E-state index in [4.69, 9.17) is 9.15 Å². The van der Waals surface area contributed by atoms with E-state index in [0.717, 1.165) is 5.56 Å². The molecule has 1 aromatic carbocycles. The van der Waals surface area contributed by atoms with Crippen LogP contribution in [0.4, 0.5) is 0 Å². The maximum Gasteiger partial charge on any atom is 0.0957 e. The summed E-state index contributed by atoms with van der Waals surface area (Å²) >= 11 is 0. The summed E-state index contributed by atoms with van der Waals surface area (Å²) in [4.78, 5) is 0. The molecule has 2 aromatic rings. The maximum absolute atomic E-state index is 5.50. The number of allylic oxidation sites excluding steroid dienone is 2. The van der Waals surface area contributed by atoms with Crippen LogP contribution in [0.25, 0.3) is 0 Å². The topological polar surface area (TPSA) is 22.4 Å². The van der Waals surface area contributed by atoms with E-state index in [0.29, 0.717) is 13.2 Å². The van der Waals surface area contributed by atoms with Gasteiger partial charge in [0.25, 0.3) is 0 Å². The molecular formula is C18H22O2. The summed E-state index contributed by atoms with van der Waals surface area (Å²) in [5.74, 6) is 0. The summed E-state index contributed by atoms with van der Waals surface area (Å²) in [6.45, 7) is 1.25. The first kappa shape index (κ1) is 14.6. The predicted octanol–water partition coefficient (Wildman–Crippen LogP) is 5.11. The third kappa shape index (κ3) is 5.89. The van der Waals surface area contributed by atoms with E-state index in [1.54, 1.807) is 12.5 Å². The highest BCUT2D eigenvalue weighted by molar-refractivity contribution is 5.13. The van der Waals surface area contributed by atoms with Crippen LogP contribution in [0.1, 0.15) is 36.8 Å². The minimum Gasteiger partial charge on any atom is -0.472 e. The molecule has 2 heteroatoms. The highest BCUT2D eigenvalue weighted by atomic mass is 16.5. The summed E-state index contributed by atoms with van der Waals surface area (Å²) in [5, 5.41) is 0. The Hall–Kier alpha value is -1.80. The maximum atomic E-state index is 5.50. The Morgan fingerprint density at radius 3 is 2.10 bits per heavy atom. The summed E-state index contributed by atoms with van der Waals surface area (Å²) in [6.07, 6.45) is 13.4. The number of rotatable bonds is 4. The third-order valence-corrected chi connectivity index (χ3v) is 3.12. The van der Waals surface area contributed by atoms with Crippen molar-refractivity contribution in [3.8, 4) is 0 Å². The fourth-order valence-electron chi connectivity index (χ4n) is 2.00. The number of ether oxygens (including phenoxy) is 1. The van der Waals surface area contributed by atoms with Crippen LogP contribution >= 0.6 is 0 Å². The molecular weight excluding hydrogens is 248 g/mol. The molecule has 0 spiro atoms. The Balaban J connectivity index is 0.000000205. The highest BCUT2D eigenvalue weighted by Crippen LogP contribution is 2.07. The van der Waals surface area contributed by atoms with Gasteiger partial charge in [-0.05, 0) is 37.3 Å². The normalized spacial score (nSPS) is 13.6. The minimum absolute atomic E-state index is 0.603. The fraction of sp³-hybridized carbons (Fsp3) is 0.333. The third-order valence-electron chi connectivity index (χ3n) is 3.12. The molecule has 0 fully saturated rings. The molecule has 0 bridgehead atoms. The van der Waals surface area contributed by atoms with Gasteiger partial charge >= 0.3 is 0 Å². The molecule has 0 unspecified atom stereocenters. The average molecular weight is 270 g/mol. The summed E-state index contributed by atoms with van der Waals surface area (Å²) in [6, 6.07) is 12.0. The zero-order valence-electron chi connectivity index (χ0n) is 11.8. The molecule has 1 aliphatic carbocycles. The molecule has 0 atom stereocenters. The Bertz CT molecular complexity index is 463. The van der Waals surface area contributed by atoms with Crippen LogP contribution < -0.4 is 0 Å². The smallest absolute Gasteiger partial charge is 0.0957 e. The van der Waals surface area contributed by atoms with Crippen molar-refractivity contribution < 1.29 is 9.15 Å². The minimum atomic E-state index is 0.603. The Morgan fingerprint density at radius 2 is 1.55 bits per heavy atom. The highest BCUT2D eigenvalue weighted by Gasteiger charge is 1.95. The van der Waals surface area contributed by atoms with Gasteiger partial charge in [-0.15, -0.1) is 0 Å². The van der Waals surface area contributed by atoms with Gasteiger partial charge in [-0.3, -0.25) is 0 Å². The SMILES string of the molecule is C1=CCCCC1.c1ccc(COCc2ccoc2)cc1. The molecule has 3 rings (SSSR count). The van der Waals surface area contributed by atoms with E-state index in [-0.39, 0.29) is 0 Å². The molecule has 106 valence electrons. The summed E-state index contributed by atoms with van der Waals surface area (Å²) in [5.41, 5.74) is 2.26. The lowest BCUT2D eigenvalue weighted by molar-refractivity contribution is 0.107. The average Bonchev–Trinajstić information content (AvgIpc) is 3.04. The van der Waals surface area contributed by atoms with Gasteiger partial charge in [0.15, 0.2) is 0 Å². The van der Waals surface area contributed by atoms with Gasteiger partial charge < -0.3 is 9.15 Å². The van der Waals surface area contributed by atoms with E-state index in [2.05, 4.69) is 24.3 Å². The zero-order chi connectivity index (χ0) is 13.9. The number of benzene rings is 1. The fourth-order valence-corrected chi connectivity index (χ4v) is 2.00. The lowest BCUT2D eigenvalue weighted by Crippen LogP contribution is -1.92. The van der Waals surface area contributed by atoms with E-state index >= 15 is 0 Å². The standard InChI is InChI=1S/C12H12O2.C6H10/c1-2-4-11(5-3-1)8-14-10-12-6-7-13-9-12;1-2-4-6-5-3-1/h1-7,9H,8,10H2;1-2H,3-6H2. The van der Waals surface area contributed by atoms with Gasteiger partial charge in [0.2, 0.25) is 0 Å². The lowest BCUT2D eigenvalue weighted by Gasteiger charge is -2.01.